The van der Waals surface area contributed by atoms with E-state index in [0.717, 1.165) is 31.2 Å². The smallest absolute Gasteiger partial charge is 0.335 e. The number of aromatic carboxylic acids is 1. The number of anilines is 1. The Labute approximate surface area is 175 Å². The molecule has 8 heteroatoms. The van der Waals surface area contributed by atoms with Crippen molar-refractivity contribution < 1.29 is 19.0 Å². The molecule has 1 aliphatic carbocycles. The molecule has 1 aromatic carbocycles. The van der Waals surface area contributed by atoms with E-state index in [4.69, 9.17) is 4.74 Å². The standard InChI is InChI=1S/C22H29FN4O3/c1-14(2)30-18-13-22(27(26-20(18)23)19-10-12-24-25-19)11-6-5-9-17(22)15-7-3-4-8-16(15)21(28)29/h3-4,7-8,10,12,14,17-18,20,26H,5-6,9,11,13H2,1-2H3,(H,24,25)(H,28,29). The van der Waals surface area contributed by atoms with Gasteiger partial charge in [0.25, 0.3) is 0 Å². The Morgan fingerprint density at radius 2 is 2.13 bits per heavy atom. The third-order valence-electron chi connectivity index (χ3n) is 6.32. The van der Waals surface area contributed by atoms with E-state index in [9.17, 15) is 9.90 Å². The Kier molecular flexibility index (Phi) is 5.79. The third-order valence-corrected chi connectivity index (χ3v) is 6.32. The van der Waals surface area contributed by atoms with Gasteiger partial charge >= 0.3 is 5.97 Å². The first-order valence-electron chi connectivity index (χ1n) is 10.6. The average Bonchev–Trinajstić information content (AvgIpc) is 3.25. The second kappa shape index (κ2) is 8.35. The number of alkyl halides is 1. The number of carboxylic acids is 1. The average molecular weight is 416 g/mol. The number of H-pyrrole nitrogens is 1. The summed E-state index contributed by atoms with van der Waals surface area (Å²) in [5.41, 5.74) is 3.55. The summed E-state index contributed by atoms with van der Waals surface area (Å²) in [6.45, 7) is 3.80. The molecule has 1 saturated heterocycles. The summed E-state index contributed by atoms with van der Waals surface area (Å²) in [4.78, 5) is 12.0. The predicted molar refractivity (Wildman–Crippen MR) is 111 cm³/mol. The summed E-state index contributed by atoms with van der Waals surface area (Å²) in [5.74, 6) is -0.373. The van der Waals surface area contributed by atoms with Crippen molar-refractivity contribution in [1.29, 1.82) is 0 Å². The van der Waals surface area contributed by atoms with E-state index in [1.807, 2.05) is 31.0 Å². The van der Waals surface area contributed by atoms with Crippen molar-refractivity contribution in [3.63, 3.8) is 0 Å². The van der Waals surface area contributed by atoms with Gasteiger partial charge in [-0.2, -0.15) is 10.5 Å². The van der Waals surface area contributed by atoms with Crippen molar-refractivity contribution in [3.8, 4) is 0 Å². The number of carboxylic acid groups (broad SMARTS) is 1. The van der Waals surface area contributed by atoms with Gasteiger partial charge in [-0.05, 0) is 38.3 Å². The molecule has 162 valence electrons. The highest BCUT2D eigenvalue weighted by molar-refractivity contribution is 5.89. The number of aromatic amines is 1. The maximum atomic E-state index is 15.1. The van der Waals surface area contributed by atoms with Gasteiger partial charge in [0.05, 0.1) is 23.4 Å². The number of hydrogen-bond acceptors (Lipinski definition) is 5. The maximum absolute atomic E-state index is 15.1. The lowest BCUT2D eigenvalue weighted by Crippen LogP contribution is -2.70. The molecule has 30 heavy (non-hydrogen) atoms. The number of nitrogens with zero attached hydrogens (tertiary/aromatic N) is 2. The molecule has 1 aliphatic heterocycles. The zero-order chi connectivity index (χ0) is 21.3. The van der Waals surface area contributed by atoms with Crippen molar-refractivity contribution in [1.82, 2.24) is 15.6 Å². The summed E-state index contributed by atoms with van der Waals surface area (Å²) in [6, 6.07) is 8.97. The third kappa shape index (κ3) is 3.70. The van der Waals surface area contributed by atoms with Crippen LogP contribution in [0.2, 0.25) is 0 Å². The van der Waals surface area contributed by atoms with Crippen molar-refractivity contribution in [2.45, 2.75) is 75.9 Å². The van der Waals surface area contributed by atoms with E-state index < -0.39 is 23.9 Å². The van der Waals surface area contributed by atoms with Gasteiger partial charge in [0.1, 0.15) is 11.9 Å². The van der Waals surface area contributed by atoms with E-state index >= 15 is 4.39 Å². The van der Waals surface area contributed by atoms with Gasteiger partial charge in [0.2, 0.25) is 0 Å². The van der Waals surface area contributed by atoms with E-state index in [2.05, 4.69) is 15.6 Å². The fraction of sp³-hybridized carbons (Fsp3) is 0.545. The van der Waals surface area contributed by atoms with Gasteiger partial charge in [0, 0.05) is 18.4 Å². The molecule has 2 aromatic rings. The second-order valence-corrected chi connectivity index (χ2v) is 8.53. The minimum absolute atomic E-state index is 0.0971. The molecule has 2 aliphatic rings. The number of hydrazine groups is 1. The highest BCUT2D eigenvalue weighted by Gasteiger charge is 2.54. The van der Waals surface area contributed by atoms with Gasteiger partial charge in [0.15, 0.2) is 6.30 Å². The molecule has 0 amide bonds. The fourth-order valence-corrected chi connectivity index (χ4v) is 5.20. The normalized spacial score (nSPS) is 29.5. The van der Waals surface area contributed by atoms with Crippen LogP contribution in [0.3, 0.4) is 0 Å². The molecule has 4 rings (SSSR count). The summed E-state index contributed by atoms with van der Waals surface area (Å²) in [6.07, 6.45) is 3.56. The number of halogens is 1. The van der Waals surface area contributed by atoms with Crippen molar-refractivity contribution in [2.24, 2.45) is 0 Å². The number of rotatable bonds is 5. The summed E-state index contributed by atoms with van der Waals surface area (Å²) in [5, 5.41) is 18.7. The lowest BCUT2D eigenvalue weighted by molar-refractivity contribution is -0.0904. The Morgan fingerprint density at radius 1 is 1.33 bits per heavy atom. The quantitative estimate of drug-likeness (QED) is 0.638. The zero-order valence-electron chi connectivity index (χ0n) is 17.3. The van der Waals surface area contributed by atoms with E-state index in [-0.39, 0.29) is 12.0 Å². The molecular formula is C22H29FN4O3. The number of carbonyl (C=O) groups is 1. The fourth-order valence-electron chi connectivity index (χ4n) is 5.20. The van der Waals surface area contributed by atoms with Crippen LogP contribution in [-0.2, 0) is 4.74 Å². The van der Waals surface area contributed by atoms with Crippen molar-refractivity contribution in [3.05, 3.63) is 47.7 Å². The lowest BCUT2D eigenvalue weighted by Gasteiger charge is -2.57. The predicted octanol–water partition coefficient (Wildman–Crippen LogP) is 4.01. The molecule has 4 unspecified atom stereocenters. The first-order valence-corrected chi connectivity index (χ1v) is 10.6. The van der Waals surface area contributed by atoms with Crippen LogP contribution >= 0.6 is 0 Å². The van der Waals surface area contributed by atoms with Crippen LogP contribution in [0.5, 0.6) is 0 Å². The Bertz CT molecular complexity index is 875. The van der Waals surface area contributed by atoms with E-state index in [0.29, 0.717) is 17.8 Å². The topological polar surface area (TPSA) is 90.5 Å². The molecule has 0 bridgehead atoms. The summed E-state index contributed by atoms with van der Waals surface area (Å²) < 4.78 is 21.1. The Morgan fingerprint density at radius 3 is 2.83 bits per heavy atom. The Balaban J connectivity index is 1.83. The SMILES string of the molecule is CC(C)OC1CC2(CCCCC2c2ccccc2C(=O)O)N(c2ccn[nH]2)NC1F. The van der Waals surface area contributed by atoms with Crippen LogP contribution in [0, 0.1) is 0 Å². The minimum atomic E-state index is -1.38. The molecular weight excluding hydrogens is 387 g/mol. The molecule has 3 N–H and O–H groups in total. The molecule has 1 aromatic heterocycles. The first kappa shape index (κ1) is 20.8. The molecule has 2 heterocycles. The summed E-state index contributed by atoms with van der Waals surface area (Å²) >= 11 is 0. The van der Waals surface area contributed by atoms with Gasteiger partial charge < -0.3 is 9.84 Å². The molecule has 4 atom stereocenters. The molecule has 7 nitrogen and oxygen atoms in total. The van der Waals surface area contributed by atoms with E-state index in [1.54, 1.807) is 24.4 Å². The first-order chi connectivity index (χ1) is 14.4. The van der Waals surface area contributed by atoms with Crippen LogP contribution < -0.4 is 10.4 Å². The number of ether oxygens (including phenoxy) is 1. The van der Waals surface area contributed by atoms with Crippen molar-refractivity contribution >= 4 is 11.8 Å². The van der Waals surface area contributed by atoms with Crippen LogP contribution in [0.1, 0.15) is 67.8 Å². The van der Waals surface area contributed by atoms with Gasteiger partial charge in [-0.15, -0.1) is 0 Å². The Hall–Kier alpha value is -2.45. The monoisotopic (exact) mass is 416 g/mol. The minimum Gasteiger partial charge on any atom is -0.478 e. The van der Waals surface area contributed by atoms with Crippen LogP contribution in [-0.4, -0.2) is 45.3 Å². The van der Waals surface area contributed by atoms with Crippen molar-refractivity contribution in [2.75, 3.05) is 5.01 Å². The number of nitrogens with one attached hydrogen (secondary N) is 2. The van der Waals surface area contributed by atoms with Gasteiger partial charge in [-0.3, -0.25) is 10.1 Å². The number of hydrogen-bond donors (Lipinski definition) is 3. The van der Waals surface area contributed by atoms with Crippen LogP contribution in [0.25, 0.3) is 0 Å². The van der Waals surface area contributed by atoms with Crippen LogP contribution in [0.15, 0.2) is 36.5 Å². The lowest BCUT2D eigenvalue weighted by atomic mass is 9.65. The zero-order valence-corrected chi connectivity index (χ0v) is 17.3. The van der Waals surface area contributed by atoms with Gasteiger partial charge in [-0.1, -0.05) is 31.0 Å². The molecule has 1 saturated carbocycles. The second-order valence-electron chi connectivity index (χ2n) is 8.53. The summed E-state index contributed by atoms with van der Waals surface area (Å²) in [7, 11) is 0. The highest BCUT2D eigenvalue weighted by atomic mass is 19.1. The van der Waals surface area contributed by atoms with Crippen LogP contribution in [0.4, 0.5) is 10.2 Å². The number of aromatic nitrogens is 2. The highest BCUT2D eigenvalue weighted by Crippen LogP contribution is 2.51. The molecule has 0 radical (unpaired) electrons. The number of benzene rings is 1. The largest absolute Gasteiger partial charge is 0.478 e. The maximum Gasteiger partial charge on any atom is 0.335 e. The molecule has 2 fully saturated rings. The molecule has 1 spiro atoms. The van der Waals surface area contributed by atoms with Gasteiger partial charge in [-0.25, -0.2) is 9.18 Å². The van der Waals surface area contributed by atoms with E-state index in [1.165, 1.54) is 0 Å².